The number of hydrogen-bond acceptors (Lipinski definition) is 2. The lowest BCUT2D eigenvalue weighted by molar-refractivity contribution is 0.562. The van der Waals surface area contributed by atoms with Gasteiger partial charge >= 0.3 is 0 Å². The Morgan fingerprint density at radius 2 is 2.07 bits per heavy atom. The lowest BCUT2D eigenvalue weighted by Crippen LogP contribution is -2.25. The van der Waals surface area contributed by atoms with Crippen LogP contribution in [-0.2, 0) is 11.4 Å². The summed E-state index contributed by atoms with van der Waals surface area (Å²) < 4.78 is 27.8. The molecule has 0 aromatic heterocycles. The van der Waals surface area contributed by atoms with Crippen LogP contribution in [0, 0.1) is 5.82 Å². The van der Waals surface area contributed by atoms with Gasteiger partial charge in [0, 0.05) is 5.56 Å². The van der Waals surface area contributed by atoms with Crippen LogP contribution >= 0.6 is 0 Å². The van der Waals surface area contributed by atoms with Crippen LogP contribution in [0.25, 0.3) is 0 Å². The van der Waals surface area contributed by atoms with Gasteiger partial charge in [-0.15, -0.1) is 0 Å². The Kier molecular flexibility index (Phi) is 3.88. The Balaban J connectivity index is 2.74. The Morgan fingerprint density at radius 1 is 1.40 bits per heavy atom. The van der Waals surface area contributed by atoms with E-state index >= 15 is 0 Å². The molecule has 1 aromatic rings. The van der Waals surface area contributed by atoms with Crippen LogP contribution in [-0.4, -0.2) is 15.5 Å². The lowest BCUT2D eigenvalue weighted by Gasteiger charge is -2.17. The second-order valence-corrected chi connectivity index (χ2v) is 6.08. The highest BCUT2D eigenvalue weighted by Gasteiger charge is 2.25. The van der Waals surface area contributed by atoms with Gasteiger partial charge in [-0.05, 0) is 32.9 Å². The van der Waals surface area contributed by atoms with Gasteiger partial charge in [0.1, 0.15) is 21.9 Å². The number of halogens is 1. The summed E-state index contributed by atoms with van der Waals surface area (Å²) in [7, 11) is 0. The molecule has 0 aliphatic rings. The normalized spacial score (nSPS) is 14.5. The summed E-state index contributed by atoms with van der Waals surface area (Å²) in [5.41, 5.74) is 0.618. The summed E-state index contributed by atoms with van der Waals surface area (Å²) in [5, 5.41) is 0. The lowest BCUT2D eigenvalue weighted by atomic mass is 10.2. The summed E-state index contributed by atoms with van der Waals surface area (Å²) in [5.74, 6) is -0.319. The first-order valence-electron chi connectivity index (χ1n) is 4.61. The fourth-order valence-electron chi connectivity index (χ4n) is 0.854. The summed E-state index contributed by atoms with van der Waals surface area (Å²) in [4.78, 5) is 0. The third-order valence-electron chi connectivity index (χ3n) is 1.67. The molecule has 1 rings (SSSR count). The SMILES string of the molecule is CC(C)(C)[S+]([O-])/N=C/c1cccc(F)c1. The van der Waals surface area contributed by atoms with E-state index in [1.807, 2.05) is 20.8 Å². The van der Waals surface area contributed by atoms with Crippen LogP contribution in [0.15, 0.2) is 28.7 Å². The summed E-state index contributed by atoms with van der Waals surface area (Å²) in [6.07, 6.45) is 1.43. The van der Waals surface area contributed by atoms with Gasteiger partial charge in [-0.3, -0.25) is 0 Å². The highest BCUT2D eigenvalue weighted by atomic mass is 32.2. The zero-order chi connectivity index (χ0) is 11.5. The molecule has 0 radical (unpaired) electrons. The molecule has 0 aliphatic carbocycles. The van der Waals surface area contributed by atoms with Gasteiger partial charge in [0.25, 0.3) is 0 Å². The highest BCUT2D eigenvalue weighted by molar-refractivity contribution is 7.91. The minimum Gasteiger partial charge on any atom is -0.591 e. The van der Waals surface area contributed by atoms with E-state index in [2.05, 4.69) is 4.40 Å². The number of rotatable bonds is 2. The molecule has 0 saturated heterocycles. The van der Waals surface area contributed by atoms with Crippen molar-refractivity contribution in [1.82, 2.24) is 0 Å². The molecule has 0 saturated carbocycles. The van der Waals surface area contributed by atoms with Crippen molar-refractivity contribution in [1.29, 1.82) is 0 Å². The molecular formula is C11H14FNOS. The van der Waals surface area contributed by atoms with Gasteiger partial charge in [-0.1, -0.05) is 16.5 Å². The van der Waals surface area contributed by atoms with Gasteiger partial charge in [0.05, 0.1) is 6.21 Å². The fraction of sp³-hybridized carbons (Fsp3) is 0.364. The van der Waals surface area contributed by atoms with Gasteiger partial charge in [-0.2, -0.15) is 0 Å². The standard InChI is InChI=1S/C11H14FNOS/c1-11(2,3)15(14)13-8-9-5-4-6-10(12)7-9/h4-8H,1-3H3/b13-8+. The van der Waals surface area contributed by atoms with Crippen molar-refractivity contribution in [2.45, 2.75) is 25.5 Å². The van der Waals surface area contributed by atoms with E-state index in [9.17, 15) is 8.94 Å². The molecule has 82 valence electrons. The van der Waals surface area contributed by atoms with Gasteiger partial charge in [0.2, 0.25) is 0 Å². The van der Waals surface area contributed by atoms with Gasteiger partial charge in [-0.25, -0.2) is 4.39 Å². The topological polar surface area (TPSA) is 35.4 Å². The molecule has 0 heterocycles. The molecular weight excluding hydrogens is 213 g/mol. The summed E-state index contributed by atoms with van der Waals surface area (Å²) in [6, 6.07) is 6.02. The summed E-state index contributed by atoms with van der Waals surface area (Å²) >= 11 is -1.30. The highest BCUT2D eigenvalue weighted by Crippen LogP contribution is 2.16. The molecule has 1 atom stereocenters. The number of benzene rings is 1. The molecule has 0 spiro atoms. The predicted octanol–water partition coefficient (Wildman–Crippen LogP) is 2.71. The molecule has 0 fully saturated rings. The van der Waals surface area contributed by atoms with Crippen molar-refractivity contribution in [3.63, 3.8) is 0 Å². The van der Waals surface area contributed by atoms with E-state index in [1.165, 1.54) is 18.3 Å². The molecule has 0 N–H and O–H groups in total. The van der Waals surface area contributed by atoms with Crippen LogP contribution in [0.5, 0.6) is 0 Å². The van der Waals surface area contributed by atoms with Crippen LogP contribution in [0.1, 0.15) is 26.3 Å². The van der Waals surface area contributed by atoms with Gasteiger partial charge < -0.3 is 4.55 Å². The maximum absolute atomic E-state index is 12.8. The average molecular weight is 227 g/mol. The van der Waals surface area contributed by atoms with Crippen LogP contribution < -0.4 is 0 Å². The minimum absolute atomic E-state index is 0.319. The summed E-state index contributed by atoms with van der Waals surface area (Å²) in [6.45, 7) is 5.52. The van der Waals surface area contributed by atoms with E-state index in [0.29, 0.717) is 5.56 Å². The molecule has 1 unspecified atom stereocenters. The first-order chi connectivity index (χ1) is 6.89. The van der Waals surface area contributed by atoms with Crippen molar-refractivity contribution in [3.8, 4) is 0 Å². The molecule has 0 bridgehead atoms. The van der Waals surface area contributed by atoms with Gasteiger partial charge in [0.15, 0.2) is 0 Å². The van der Waals surface area contributed by atoms with Crippen LogP contribution in [0.2, 0.25) is 0 Å². The second kappa shape index (κ2) is 4.77. The Morgan fingerprint density at radius 3 is 2.60 bits per heavy atom. The van der Waals surface area contributed by atoms with E-state index < -0.39 is 11.4 Å². The van der Waals surface area contributed by atoms with Crippen molar-refractivity contribution in [3.05, 3.63) is 35.6 Å². The molecule has 15 heavy (non-hydrogen) atoms. The minimum atomic E-state index is -1.30. The Hall–Kier alpha value is -0.870. The second-order valence-electron chi connectivity index (χ2n) is 4.15. The molecule has 2 nitrogen and oxygen atoms in total. The van der Waals surface area contributed by atoms with Crippen molar-refractivity contribution >= 4 is 17.6 Å². The monoisotopic (exact) mass is 227 g/mol. The zero-order valence-corrected chi connectivity index (χ0v) is 9.84. The third-order valence-corrected chi connectivity index (χ3v) is 3.01. The molecule has 1 aromatic carbocycles. The third kappa shape index (κ3) is 4.01. The molecule has 4 heteroatoms. The molecule has 0 aliphatic heterocycles. The Labute approximate surface area is 92.5 Å². The van der Waals surface area contributed by atoms with Crippen molar-refractivity contribution in [2.24, 2.45) is 4.40 Å². The smallest absolute Gasteiger partial charge is 0.144 e. The quantitative estimate of drug-likeness (QED) is 0.565. The average Bonchev–Trinajstić information content (AvgIpc) is 2.12. The Bertz CT molecular complexity index is 360. The maximum atomic E-state index is 12.8. The first kappa shape index (κ1) is 12.2. The largest absolute Gasteiger partial charge is 0.591 e. The van der Waals surface area contributed by atoms with E-state index in [0.717, 1.165) is 0 Å². The van der Waals surface area contributed by atoms with E-state index in [1.54, 1.807) is 12.1 Å². The predicted molar refractivity (Wildman–Crippen MR) is 61.9 cm³/mol. The van der Waals surface area contributed by atoms with Crippen LogP contribution in [0.4, 0.5) is 4.39 Å². The van der Waals surface area contributed by atoms with Crippen LogP contribution in [0.3, 0.4) is 0 Å². The zero-order valence-electron chi connectivity index (χ0n) is 9.03. The van der Waals surface area contributed by atoms with E-state index in [4.69, 9.17) is 0 Å². The first-order valence-corrected chi connectivity index (χ1v) is 5.72. The van der Waals surface area contributed by atoms with E-state index in [-0.39, 0.29) is 10.6 Å². The van der Waals surface area contributed by atoms with Crippen molar-refractivity contribution in [2.75, 3.05) is 0 Å². The fourth-order valence-corrected chi connectivity index (χ4v) is 1.39. The number of nitrogens with zero attached hydrogens (tertiary/aromatic N) is 1. The molecule has 0 amide bonds. The maximum Gasteiger partial charge on any atom is 0.144 e. The van der Waals surface area contributed by atoms with Crippen molar-refractivity contribution < 1.29 is 8.94 Å². The number of hydrogen-bond donors (Lipinski definition) is 0.